The second-order valence-corrected chi connectivity index (χ2v) is 3.49. The zero-order chi connectivity index (χ0) is 11.4. The van der Waals surface area contributed by atoms with Gasteiger partial charge in [-0.15, -0.1) is 0 Å². The van der Waals surface area contributed by atoms with Crippen molar-refractivity contribution in [3.63, 3.8) is 0 Å². The number of halogens is 1. The number of ether oxygens (including phenoxy) is 1. The van der Waals surface area contributed by atoms with Gasteiger partial charge in [-0.1, -0.05) is 24.3 Å². The first kappa shape index (κ1) is 13.0. The molecule has 0 heterocycles. The van der Waals surface area contributed by atoms with Gasteiger partial charge in [-0.3, -0.25) is 0 Å². The van der Waals surface area contributed by atoms with Gasteiger partial charge in [0.15, 0.2) is 4.98 Å². The lowest BCUT2D eigenvalue weighted by atomic mass is 10.2. The van der Waals surface area contributed by atoms with Crippen LogP contribution in [0.2, 0.25) is 0 Å². The average Bonchev–Trinajstić information content (AvgIpc) is 2.33. The average molecular weight is 247 g/mol. The standard InChI is InChI=1S/C13H11N2O.ClH/c1-10-7-8-13(12(9-10)15-14)16-11-5-3-2-4-6-11;/h2-9H,1H3;1H/q+1;/p-1. The van der Waals surface area contributed by atoms with Gasteiger partial charge in [0.05, 0.1) is 0 Å². The molecule has 0 aliphatic carbocycles. The molecule has 0 saturated carbocycles. The largest absolute Gasteiger partial charge is 1.00 e. The van der Waals surface area contributed by atoms with Gasteiger partial charge in [-0.25, -0.2) is 0 Å². The Labute approximate surface area is 106 Å². The van der Waals surface area contributed by atoms with Gasteiger partial charge in [-0.05, 0) is 30.7 Å². The monoisotopic (exact) mass is 246 g/mol. The summed E-state index contributed by atoms with van der Waals surface area (Å²) in [4.78, 5) is 3.20. The van der Waals surface area contributed by atoms with Crippen molar-refractivity contribution in [1.29, 1.82) is 5.39 Å². The number of nitrogens with zero attached hydrogens (tertiary/aromatic N) is 2. The quantitative estimate of drug-likeness (QED) is 0.749. The zero-order valence-corrected chi connectivity index (χ0v) is 10.1. The Morgan fingerprint density at radius 2 is 1.76 bits per heavy atom. The summed E-state index contributed by atoms with van der Waals surface area (Å²) in [7, 11) is 0. The van der Waals surface area contributed by atoms with E-state index in [0.29, 0.717) is 11.4 Å². The van der Waals surface area contributed by atoms with Crippen LogP contribution in [0.3, 0.4) is 0 Å². The highest BCUT2D eigenvalue weighted by Gasteiger charge is 2.15. The van der Waals surface area contributed by atoms with Crippen molar-refractivity contribution >= 4 is 5.69 Å². The van der Waals surface area contributed by atoms with E-state index in [1.54, 1.807) is 12.1 Å². The number of hydrogen-bond donors (Lipinski definition) is 0. The predicted octanol–water partition coefficient (Wildman–Crippen LogP) is 1.28. The minimum Gasteiger partial charge on any atom is -1.00 e. The molecule has 0 saturated heterocycles. The van der Waals surface area contributed by atoms with Crippen LogP contribution < -0.4 is 17.1 Å². The molecule has 0 aliphatic heterocycles. The second kappa shape index (κ2) is 5.88. The number of aryl methyl sites for hydroxylation is 1. The Bertz CT molecular complexity index is 535. The summed E-state index contributed by atoms with van der Waals surface area (Å²) in [5, 5.41) is 8.87. The van der Waals surface area contributed by atoms with E-state index < -0.39 is 0 Å². The molecule has 4 heteroatoms. The highest BCUT2D eigenvalue weighted by atomic mass is 35.5. The molecule has 2 aromatic rings. The predicted molar refractivity (Wildman–Crippen MR) is 62.4 cm³/mol. The molecule has 2 rings (SSSR count). The molecule has 0 aromatic heterocycles. The van der Waals surface area contributed by atoms with Crippen LogP contribution in [0.4, 0.5) is 5.69 Å². The fraction of sp³-hybridized carbons (Fsp3) is 0.0769. The highest BCUT2D eigenvalue weighted by Crippen LogP contribution is 2.32. The van der Waals surface area contributed by atoms with Gasteiger partial charge in [0, 0.05) is 6.07 Å². The summed E-state index contributed by atoms with van der Waals surface area (Å²) < 4.78 is 5.60. The minimum atomic E-state index is 0. The van der Waals surface area contributed by atoms with Crippen molar-refractivity contribution in [2.24, 2.45) is 0 Å². The van der Waals surface area contributed by atoms with E-state index in [-0.39, 0.29) is 12.4 Å². The number of hydrogen-bond acceptors (Lipinski definition) is 2. The van der Waals surface area contributed by atoms with Crippen LogP contribution in [-0.2, 0) is 0 Å². The zero-order valence-electron chi connectivity index (χ0n) is 9.30. The van der Waals surface area contributed by atoms with Crippen molar-refractivity contribution in [3.8, 4) is 11.5 Å². The fourth-order valence-electron chi connectivity index (χ4n) is 1.41. The normalized spacial score (nSPS) is 8.94. The number of para-hydroxylation sites is 1. The Morgan fingerprint density at radius 3 is 2.41 bits per heavy atom. The first-order chi connectivity index (χ1) is 7.79. The molecule has 0 N–H and O–H groups in total. The van der Waals surface area contributed by atoms with Crippen LogP contribution in [-0.4, -0.2) is 0 Å². The fourth-order valence-corrected chi connectivity index (χ4v) is 1.41. The summed E-state index contributed by atoms with van der Waals surface area (Å²) in [6, 6.07) is 14.8. The van der Waals surface area contributed by atoms with E-state index in [9.17, 15) is 0 Å². The lowest BCUT2D eigenvalue weighted by Gasteiger charge is -2.02. The molecule has 0 aliphatic rings. The minimum absolute atomic E-state index is 0. The Kier molecular flexibility index (Phi) is 4.50. The molecule has 0 unspecified atom stereocenters. The third kappa shape index (κ3) is 3.20. The molecule has 2 aromatic carbocycles. The molecular formula is C13H11ClN2O. The van der Waals surface area contributed by atoms with Gasteiger partial charge in [0.2, 0.25) is 11.1 Å². The van der Waals surface area contributed by atoms with Crippen LogP contribution in [0.25, 0.3) is 4.98 Å². The molecular weight excluding hydrogens is 236 g/mol. The van der Waals surface area contributed by atoms with E-state index in [2.05, 4.69) is 4.98 Å². The molecule has 0 amide bonds. The van der Waals surface area contributed by atoms with Crippen molar-refractivity contribution < 1.29 is 17.1 Å². The third-order valence-corrected chi connectivity index (χ3v) is 2.19. The first-order valence-electron chi connectivity index (χ1n) is 4.98. The Balaban J connectivity index is 0.00000144. The molecule has 17 heavy (non-hydrogen) atoms. The molecule has 0 bridgehead atoms. The van der Waals surface area contributed by atoms with Gasteiger partial charge >= 0.3 is 5.69 Å². The van der Waals surface area contributed by atoms with E-state index in [1.165, 1.54) is 0 Å². The smallest absolute Gasteiger partial charge is 0.427 e. The molecule has 3 nitrogen and oxygen atoms in total. The van der Waals surface area contributed by atoms with Crippen LogP contribution in [0.15, 0.2) is 48.5 Å². The highest BCUT2D eigenvalue weighted by molar-refractivity contribution is 5.59. The van der Waals surface area contributed by atoms with Gasteiger partial charge in [0.25, 0.3) is 0 Å². The molecule has 0 atom stereocenters. The third-order valence-electron chi connectivity index (χ3n) is 2.19. The van der Waals surface area contributed by atoms with Crippen molar-refractivity contribution in [2.45, 2.75) is 6.92 Å². The number of diazo groups is 1. The van der Waals surface area contributed by atoms with Gasteiger partial charge in [0.1, 0.15) is 5.75 Å². The summed E-state index contributed by atoms with van der Waals surface area (Å²) in [5.41, 5.74) is 1.46. The molecule has 86 valence electrons. The van der Waals surface area contributed by atoms with E-state index in [1.807, 2.05) is 43.3 Å². The summed E-state index contributed by atoms with van der Waals surface area (Å²) in [6.45, 7) is 1.93. The van der Waals surface area contributed by atoms with Gasteiger partial charge in [-0.2, -0.15) is 0 Å². The Morgan fingerprint density at radius 1 is 1.06 bits per heavy atom. The first-order valence-corrected chi connectivity index (χ1v) is 4.98. The van der Waals surface area contributed by atoms with Crippen LogP contribution in [0, 0.1) is 12.3 Å². The number of benzene rings is 2. The summed E-state index contributed by atoms with van der Waals surface area (Å²) >= 11 is 0. The maximum atomic E-state index is 8.87. The second-order valence-electron chi connectivity index (χ2n) is 3.49. The molecule has 0 radical (unpaired) electrons. The van der Waals surface area contributed by atoms with E-state index in [4.69, 9.17) is 10.1 Å². The topological polar surface area (TPSA) is 37.4 Å². The van der Waals surface area contributed by atoms with E-state index in [0.717, 1.165) is 11.3 Å². The molecule has 0 fully saturated rings. The van der Waals surface area contributed by atoms with E-state index >= 15 is 0 Å². The van der Waals surface area contributed by atoms with Crippen LogP contribution in [0.5, 0.6) is 11.5 Å². The van der Waals surface area contributed by atoms with Crippen molar-refractivity contribution in [3.05, 3.63) is 59.1 Å². The van der Waals surface area contributed by atoms with Crippen molar-refractivity contribution in [1.82, 2.24) is 0 Å². The maximum absolute atomic E-state index is 8.87. The summed E-state index contributed by atoms with van der Waals surface area (Å²) in [5.74, 6) is 1.26. The lowest BCUT2D eigenvalue weighted by molar-refractivity contribution is -0.00000397. The summed E-state index contributed by atoms with van der Waals surface area (Å²) in [6.07, 6.45) is 0. The van der Waals surface area contributed by atoms with Crippen LogP contribution in [0.1, 0.15) is 5.56 Å². The SMILES string of the molecule is Cc1ccc(Oc2ccccc2)c([N+]#N)c1.[Cl-]. The Hall–Kier alpha value is -2.05. The molecule has 0 spiro atoms. The van der Waals surface area contributed by atoms with Crippen LogP contribution >= 0.6 is 0 Å². The maximum Gasteiger partial charge on any atom is 0.427 e. The number of rotatable bonds is 2. The van der Waals surface area contributed by atoms with Crippen molar-refractivity contribution in [2.75, 3.05) is 0 Å². The lowest BCUT2D eigenvalue weighted by Crippen LogP contribution is -3.00. The van der Waals surface area contributed by atoms with Gasteiger partial charge < -0.3 is 17.1 Å².